The number of carbonyl (C=O) groups excluding carboxylic acids is 2. The SMILES string of the molecule is CC(=O)c1ccc(OCCCC(=O)N(Cc2ccccn2)c2ccc(Br)cc2)cc1. The van der Waals surface area contributed by atoms with E-state index < -0.39 is 0 Å². The van der Waals surface area contributed by atoms with Crippen LogP contribution in [-0.2, 0) is 11.3 Å². The van der Waals surface area contributed by atoms with Gasteiger partial charge >= 0.3 is 0 Å². The van der Waals surface area contributed by atoms with Crippen LogP contribution in [0.15, 0.2) is 77.4 Å². The number of carbonyl (C=O) groups is 2. The van der Waals surface area contributed by atoms with Gasteiger partial charge in [-0.25, -0.2) is 0 Å². The summed E-state index contributed by atoms with van der Waals surface area (Å²) in [4.78, 5) is 30.4. The summed E-state index contributed by atoms with van der Waals surface area (Å²) in [6, 6.07) is 20.4. The van der Waals surface area contributed by atoms with E-state index in [1.807, 2.05) is 42.5 Å². The first-order chi connectivity index (χ1) is 14.5. The van der Waals surface area contributed by atoms with E-state index in [4.69, 9.17) is 4.74 Å². The zero-order chi connectivity index (χ0) is 21.3. The summed E-state index contributed by atoms with van der Waals surface area (Å²) in [5.41, 5.74) is 2.31. The van der Waals surface area contributed by atoms with Crippen LogP contribution in [-0.4, -0.2) is 23.3 Å². The number of ether oxygens (including phenoxy) is 1. The van der Waals surface area contributed by atoms with Gasteiger partial charge in [0.15, 0.2) is 5.78 Å². The number of amides is 1. The Morgan fingerprint density at radius 2 is 1.73 bits per heavy atom. The lowest BCUT2D eigenvalue weighted by Crippen LogP contribution is -2.30. The van der Waals surface area contributed by atoms with Crippen LogP contribution in [0, 0.1) is 0 Å². The van der Waals surface area contributed by atoms with Crippen LogP contribution in [0.2, 0.25) is 0 Å². The minimum absolute atomic E-state index is 0.0125. The maximum Gasteiger partial charge on any atom is 0.227 e. The van der Waals surface area contributed by atoms with Crippen LogP contribution < -0.4 is 9.64 Å². The molecule has 1 amide bonds. The molecule has 0 atom stereocenters. The number of nitrogens with zero attached hydrogens (tertiary/aromatic N) is 2. The van der Waals surface area contributed by atoms with Gasteiger partial charge in [-0.1, -0.05) is 22.0 Å². The van der Waals surface area contributed by atoms with E-state index in [0.717, 1.165) is 15.9 Å². The van der Waals surface area contributed by atoms with Gasteiger partial charge in [-0.3, -0.25) is 14.6 Å². The lowest BCUT2D eigenvalue weighted by atomic mass is 10.1. The van der Waals surface area contributed by atoms with Crippen molar-refractivity contribution in [2.45, 2.75) is 26.3 Å². The lowest BCUT2D eigenvalue weighted by Gasteiger charge is -2.23. The van der Waals surface area contributed by atoms with Gasteiger partial charge < -0.3 is 9.64 Å². The summed E-state index contributed by atoms with van der Waals surface area (Å²) in [6.45, 7) is 2.36. The number of aromatic nitrogens is 1. The van der Waals surface area contributed by atoms with Crippen LogP contribution >= 0.6 is 15.9 Å². The summed E-state index contributed by atoms with van der Waals surface area (Å²) < 4.78 is 6.67. The molecule has 6 heteroatoms. The van der Waals surface area contributed by atoms with Gasteiger partial charge in [-0.05, 0) is 74.0 Å². The van der Waals surface area contributed by atoms with Crippen molar-refractivity contribution in [3.05, 3.63) is 88.7 Å². The maximum atomic E-state index is 13.0. The van der Waals surface area contributed by atoms with E-state index in [1.54, 1.807) is 35.4 Å². The topological polar surface area (TPSA) is 59.5 Å². The van der Waals surface area contributed by atoms with E-state index >= 15 is 0 Å². The Hall–Kier alpha value is -2.99. The fourth-order valence-corrected chi connectivity index (χ4v) is 3.20. The van der Waals surface area contributed by atoms with Gasteiger partial charge in [0.2, 0.25) is 5.91 Å². The Morgan fingerprint density at radius 3 is 2.37 bits per heavy atom. The third-order valence-corrected chi connectivity index (χ3v) is 5.08. The Kier molecular flexibility index (Phi) is 7.74. The molecule has 2 aromatic carbocycles. The number of hydrogen-bond donors (Lipinski definition) is 0. The van der Waals surface area contributed by atoms with Gasteiger partial charge in [-0.15, -0.1) is 0 Å². The molecular weight excluding hydrogens is 444 g/mol. The highest BCUT2D eigenvalue weighted by molar-refractivity contribution is 9.10. The highest BCUT2D eigenvalue weighted by Crippen LogP contribution is 2.21. The molecule has 0 fully saturated rings. The number of pyridine rings is 1. The lowest BCUT2D eigenvalue weighted by molar-refractivity contribution is -0.119. The molecule has 30 heavy (non-hydrogen) atoms. The van der Waals surface area contributed by atoms with E-state index in [1.165, 1.54) is 6.92 Å². The van der Waals surface area contributed by atoms with Crippen molar-refractivity contribution < 1.29 is 14.3 Å². The quantitative estimate of drug-likeness (QED) is 0.311. The third kappa shape index (κ3) is 6.26. The van der Waals surface area contributed by atoms with Crippen molar-refractivity contribution in [2.75, 3.05) is 11.5 Å². The van der Waals surface area contributed by atoms with Crippen molar-refractivity contribution in [2.24, 2.45) is 0 Å². The molecule has 3 rings (SSSR count). The Bertz CT molecular complexity index is 974. The standard InChI is InChI=1S/C24H23BrN2O3/c1-18(28)19-7-13-23(14-8-19)30-16-4-6-24(29)27(17-21-5-2-3-15-26-21)22-11-9-20(25)10-12-22/h2-3,5,7-15H,4,6,16-17H2,1H3. The fraction of sp³-hybridized carbons (Fsp3) is 0.208. The van der Waals surface area contributed by atoms with E-state index in [2.05, 4.69) is 20.9 Å². The Morgan fingerprint density at radius 1 is 1.00 bits per heavy atom. The molecule has 0 bridgehead atoms. The minimum atomic E-state index is 0.0125. The summed E-state index contributed by atoms with van der Waals surface area (Å²) in [5, 5.41) is 0. The number of hydrogen-bond acceptors (Lipinski definition) is 4. The molecular formula is C24H23BrN2O3. The average molecular weight is 467 g/mol. The molecule has 0 spiro atoms. The molecule has 1 heterocycles. The number of benzene rings is 2. The molecule has 0 saturated carbocycles. The summed E-state index contributed by atoms with van der Waals surface area (Å²) in [6.07, 6.45) is 2.67. The van der Waals surface area contributed by atoms with Crippen molar-refractivity contribution >= 4 is 33.3 Å². The normalized spacial score (nSPS) is 10.5. The van der Waals surface area contributed by atoms with Gasteiger partial charge in [0.05, 0.1) is 18.8 Å². The molecule has 3 aromatic rings. The van der Waals surface area contributed by atoms with E-state index in [-0.39, 0.29) is 11.7 Å². The number of halogens is 1. The molecule has 1 aromatic heterocycles. The Labute approximate surface area is 184 Å². The third-order valence-electron chi connectivity index (χ3n) is 4.55. The van der Waals surface area contributed by atoms with Gasteiger partial charge in [0, 0.05) is 28.3 Å². The first-order valence-electron chi connectivity index (χ1n) is 9.72. The first kappa shape index (κ1) is 21.7. The van der Waals surface area contributed by atoms with E-state index in [9.17, 15) is 9.59 Å². The van der Waals surface area contributed by atoms with Crippen LogP contribution in [0.25, 0.3) is 0 Å². The van der Waals surface area contributed by atoms with Crippen molar-refractivity contribution in [3.8, 4) is 5.75 Å². The Balaban J connectivity index is 1.58. The van der Waals surface area contributed by atoms with Crippen molar-refractivity contribution in [1.29, 1.82) is 0 Å². The summed E-state index contributed by atoms with van der Waals surface area (Å²) >= 11 is 3.43. The van der Waals surface area contributed by atoms with Crippen LogP contribution in [0.5, 0.6) is 5.75 Å². The second-order valence-corrected chi connectivity index (χ2v) is 7.73. The molecule has 0 unspecified atom stereocenters. The van der Waals surface area contributed by atoms with Crippen molar-refractivity contribution in [3.63, 3.8) is 0 Å². The highest BCUT2D eigenvalue weighted by Gasteiger charge is 2.16. The molecule has 0 saturated heterocycles. The van der Waals surface area contributed by atoms with Gasteiger partial charge in [0.25, 0.3) is 0 Å². The zero-order valence-electron chi connectivity index (χ0n) is 16.8. The molecule has 5 nitrogen and oxygen atoms in total. The molecule has 0 aliphatic heterocycles. The molecule has 0 aliphatic rings. The number of Topliss-reactive ketones (excluding diaryl/α,β-unsaturated/α-hetero) is 1. The van der Waals surface area contributed by atoms with Crippen LogP contribution in [0.1, 0.15) is 35.8 Å². The fourth-order valence-electron chi connectivity index (χ4n) is 2.93. The maximum absolute atomic E-state index is 13.0. The summed E-state index contributed by atoms with van der Waals surface area (Å²) in [7, 11) is 0. The first-order valence-corrected chi connectivity index (χ1v) is 10.5. The molecule has 0 N–H and O–H groups in total. The number of ketones is 1. The summed E-state index contributed by atoms with van der Waals surface area (Å²) in [5.74, 6) is 0.720. The largest absolute Gasteiger partial charge is 0.494 e. The second-order valence-electron chi connectivity index (χ2n) is 6.81. The van der Waals surface area contributed by atoms with Crippen LogP contribution in [0.3, 0.4) is 0 Å². The minimum Gasteiger partial charge on any atom is -0.494 e. The zero-order valence-corrected chi connectivity index (χ0v) is 18.3. The van der Waals surface area contributed by atoms with Crippen LogP contribution in [0.4, 0.5) is 5.69 Å². The second kappa shape index (κ2) is 10.7. The number of rotatable bonds is 9. The monoisotopic (exact) mass is 466 g/mol. The number of anilines is 1. The highest BCUT2D eigenvalue weighted by atomic mass is 79.9. The molecule has 0 aliphatic carbocycles. The average Bonchev–Trinajstić information content (AvgIpc) is 2.76. The van der Waals surface area contributed by atoms with Gasteiger partial charge in [-0.2, -0.15) is 0 Å². The van der Waals surface area contributed by atoms with Crippen molar-refractivity contribution in [1.82, 2.24) is 4.98 Å². The van der Waals surface area contributed by atoms with E-state index in [0.29, 0.717) is 37.3 Å². The molecule has 0 radical (unpaired) electrons. The predicted molar refractivity (Wildman–Crippen MR) is 121 cm³/mol. The molecule has 154 valence electrons. The van der Waals surface area contributed by atoms with Gasteiger partial charge in [0.1, 0.15) is 5.75 Å². The predicted octanol–water partition coefficient (Wildman–Crippen LogP) is 5.44. The smallest absolute Gasteiger partial charge is 0.227 e.